The molecule has 3 aromatic heterocycles. The van der Waals surface area contributed by atoms with E-state index in [0.29, 0.717) is 5.82 Å². The van der Waals surface area contributed by atoms with Crippen LogP contribution in [0.5, 0.6) is 0 Å². The summed E-state index contributed by atoms with van der Waals surface area (Å²) in [5.41, 5.74) is 7.82. The highest BCUT2D eigenvalue weighted by atomic mass is 32.1. The Morgan fingerprint density at radius 3 is 3.00 bits per heavy atom. The molecule has 0 saturated heterocycles. The largest absolute Gasteiger partial charge is 0.383 e. The molecule has 0 aliphatic heterocycles. The van der Waals surface area contributed by atoms with E-state index < -0.39 is 0 Å². The highest BCUT2D eigenvalue weighted by molar-refractivity contribution is 7.13. The van der Waals surface area contributed by atoms with E-state index in [-0.39, 0.29) is 0 Å². The van der Waals surface area contributed by atoms with Gasteiger partial charge in [0.1, 0.15) is 5.82 Å². The summed E-state index contributed by atoms with van der Waals surface area (Å²) in [5, 5.41) is 3.04. The van der Waals surface area contributed by atoms with Crippen LogP contribution in [0.2, 0.25) is 0 Å². The Kier molecular flexibility index (Phi) is 2.08. The number of anilines is 1. The molecule has 16 heavy (non-hydrogen) atoms. The number of aromatic nitrogens is 2. The van der Waals surface area contributed by atoms with E-state index in [9.17, 15) is 0 Å². The van der Waals surface area contributed by atoms with E-state index in [1.165, 1.54) is 0 Å². The minimum Gasteiger partial charge on any atom is -0.383 e. The fourth-order valence-corrected chi connectivity index (χ4v) is 2.41. The molecule has 0 aromatic carbocycles. The van der Waals surface area contributed by atoms with Crippen LogP contribution in [0.1, 0.15) is 0 Å². The highest BCUT2D eigenvalue weighted by Gasteiger charge is 2.06. The lowest BCUT2D eigenvalue weighted by molar-refractivity contribution is 1.33. The molecule has 3 nitrogen and oxygen atoms in total. The van der Waals surface area contributed by atoms with Crippen LogP contribution in [-0.4, -0.2) is 9.97 Å². The van der Waals surface area contributed by atoms with Crippen LogP contribution in [0.25, 0.3) is 21.3 Å². The first-order valence-electron chi connectivity index (χ1n) is 4.89. The molecule has 0 unspecified atom stereocenters. The number of hydrogen-bond donors (Lipinski definition) is 1. The van der Waals surface area contributed by atoms with Gasteiger partial charge in [-0.25, -0.2) is 4.98 Å². The maximum atomic E-state index is 5.95. The fourth-order valence-electron chi connectivity index (χ4n) is 1.66. The Balaban J connectivity index is 2.30. The lowest BCUT2D eigenvalue weighted by Crippen LogP contribution is -1.94. The lowest BCUT2D eigenvalue weighted by atomic mass is 10.1. The van der Waals surface area contributed by atoms with Gasteiger partial charge in [-0.05, 0) is 23.6 Å². The van der Waals surface area contributed by atoms with Crippen molar-refractivity contribution in [3.8, 4) is 10.4 Å². The van der Waals surface area contributed by atoms with Gasteiger partial charge in [-0.1, -0.05) is 6.07 Å². The molecule has 0 spiro atoms. The van der Waals surface area contributed by atoms with Crippen molar-refractivity contribution in [3.05, 3.63) is 42.0 Å². The van der Waals surface area contributed by atoms with Gasteiger partial charge in [-0.2, -0.15) is 0 Å². The SMILES string of the molecule is Nc1nc2ccncc2cc1-c1cccs1. The molecule has 4 heteroatoms. The molecular formula is C12H9N3S. The topological polar surface area (TPSA) is 51.8 Å². The third-order valence-electron chi connectivity index (χ3n) is 2.43. The number of nitrogens with zero attached hydrogens (tertiary/aromatic N) is 2. The van der Waals surface area contributed by atoms with Crippen molar-refractivity contribution in [1.82, 2.24) is 9.97 Å². The molecule has 0 atom stereocenters. The summed E-state index contributed by atoms with van der Waals surface area (Å²) >= 11 is 1.66. The summed E-state index contributed by atoms with van der Waals surface area (Å²) in [6, 6.07) is 7.95. The van der Waals surface area contributed by atoms with Crippen molar-refractivity contribution >= 4 is 28.1 Å². The minimum absolute atomic E-state index is 0.571. The number of fused-ring (bicyclic) bond motifs is 1. The van der Waals surface area contributed by atoms with Crippen molar-refractivity contribution in [2.75, 3.05) is 5.73 Å². The number of hydrogen-bond acceptors (Lipinski definition) is 4. The van der Waals surface area contributed by atoms with E-state index >= 15 is 0 Å². The Morgan fingerprint density at radius 1 is 1.25 bits per heavy atom. The third-order valence-corrected chi connectivity index (χ3v) is 3.33. The maximum absolute atomic E-state index is 5.95. The van der Waals surface area contributed by atoms with Gasteiger partial charge in [0, 0.05) is 28.2 Å². The third kappa shape index (κ3) is 1.44. The van der Waals surface area contributed by atoms with Crippen molar-refractivity contribution < 1.29 is 0 Å². The summed E-state index contributed by atoms with van der Waals surface area (Å²) in [4.78, 5) is 9.60. The highest BCUT2D eigenvalue weighted by Crippen LogP contribution is 2.30. The monoisotopic (exact) mass is 227 g/mol. The van der Waals surface area contributed by atoms with Gasteiger partial charge < -0.3 is 5.73 Å². The molecular weight excluding hydrogens is 218 g/mol. The van der Waals surface area contributed by atoms with E-state index in [4.69, 9.17) is 5.73 Å². The number of rotatable bonds is 1. The molecule has 0 radical (unpaired) electrons. The molecule has 0 bridgehead atoms. The molecule has 3 rings (SSSR count). The molecule has 78 valence electrons. The summed E-state index contributed by atoms with van der Waals surface area (Å²) in [6.07, 6.45) is 3.53. The summed E-state index contributed by atoms with van der Waals surface area (Å²) in [5.74, 6) is 0.571. The van der Waals surface area contributed by atoms with Crippen LogP contribution in [0.15, 0.2) is 42.0 Å². The molecule has 0 aliphatic carbocycles. The van der Waals surface area contributed by atoms with Crippen LogP contribution >= 0.6 is 11.3 Å². The van der Waals surface area contributed by atoms with Crippen LogP contribution in [0.4, 0.5) is 5.82 Å². The molecule has 0 fully saturated rings. The van der Waals surface area contributed by atoms with Gasteiger partial charge >= 0.3 is 0 Å². The second kappa shape index (κ2) is 3.57. The van der Waals surface area contributed by atoms with Crippen LogP contribution in [-0.2, 0) is 0 Å². The maximum Gasteiger partial charge on any atom is 0.132 e. The van der Waals surface area contributed by atoms with E-state index in [0.717, 1.165) is 21.3 Å². The van der Waals surface area contributed by atoms with E-state index in [1.54, 1.807) is 23.7 Å². The van der Waals surface area contributed by atoms with Crippen molar-refractivity contribution in [2.45, 2.75) is 0 Å². The zero-order valence-electron chi connectivity index (χ0n) is 8.42. The normalized spacial score (nSPS) is 10.8. The first-order valence-corrected chi connectivity index (χ1v) is 5.77. The van der Waals surface area contributed by atoms with E-state index in [1.807, 2.05) is 29.6 Å². The van der Waals surface area contributed by atoms with Crippen LogP contribution in [0.3, 0.4) is 0 Å². The number of pyridine rings is 2. The smallest absolute Gasteiger partial charge is 0.132 e. The Morgan fingerprint density at radius 2 is 2.19 bits per heavy atom. The minimum atomic E-state index is 0.571. The second-order valence-corrected chi connectivity index (χ2v) is 4.41. The van der Waals surface area contributed by atoms with Gasteiger partial charge in [0.15, 0.2) is 0 Å². The van der Waals surface area contributed by atoms with E-state index in [2.05, 4.69) is 9.97 Å². The zero-order chi connectivity index (χ0) is 11.0. The molecule has 0 amide bonds. The average molecular weight is 227 g/mol. The lowest BCUT2D eigenvalue weighted by Gasteiger charge is -2.04. The van der Waals surface area contributed by atoms with Crippen molar-refractivity contribution in [1.29, 1.82) is 0 Å². The molecule has 0 aliphatic rings. The standard InChI is InChI=1S/C12H9N3S/c13-12-9(11-2-1-5-16-11)6-8-7-14-4-3-10(8)15-12/h1-7H,(H2,13,15). The van der Waals surface area contributed by atoms with Gasteiger partial charge in [-0.15, -0.1) is 11.3 Å². The average Bonchev–Trinajstić information content (AvgIpc) is 2.81. The Bertz CT molecular complexity index is 632. The molecule has 0 saturated carbocycles. The van der Waals surface area contributed by atoms with Crippen molar-refractivity contribution in [2.24, 2.45) is 0 Å². The molecule has 3 heterocycles. The number of thiophene rings is 1. The predicted octanol–water partition coefficient (Wildman–Crippen LogP) is 2.94. The number of nitrogens with two attached hydrogens (primary N) is 1. The molecule has 2 N–H and O–H groups in total. The van der Waals surface area contributed by atoms with Crippen LogP contribution in [0, 0.1) is 0 Å². The fraction of sp³-hybridized carbons (Fsp3) is 0. The van der Waals surface area contributed by atoms with Crippen molar-refractivity contribution in [3.63, 3.8) is 0 Å². The summed E-state index contributed by atoms with van der Waals surface area (Å²) in [6.45, 7) is 0. The quantitative estimate of drug-likeness (QED) is 0.695. The second-order valence-electron chi connectivity index (χ2n) is 3.47. The number of nitrogen functional groups attached to an aromatic ring is 1. The summed E-state index contributed by atoms with van der Waals surface area (Å²) < 4.78 is 0. The molecule has 3 aromatic rings. The predicted molar refractivity (Wildman–Crippen MR) is 67.3 cm³/mol. The Labute approximate surface area is 96.6 Å². The first kappa shape index (κ1) is 9.30. The first-order chi connectivity index (χ1) is 7.84. The zero-order valence-corrected chi connectivity index (χ0v) is 9.24. The summed E-state index contributed by atoms with van der Waals surface area (Å²) in [7, 11) is 0. The van der Waals surface area contributed by atoms with Gasteiger partial charge in [0.25, 0.3) is 0 Å². The van der Waals surface area contributed by atoms with Crippen LogP contribution < -0.4 is 5.73 Å². The van der Waals surface area contributed by atoms with Gasteiger partial charge in [0.2, 0.25) is 0 Å². The van der Waals surface area contributed by atoms with Gasteiger partial charge in [-0.3, -0.25) is 4.98 Å². The Hall–Kier alpha value is -1.94. The van der Waals surface area contributed by atoms with Gasteiger partial charge in [0.05, 0.1) is 5.52 Å².